The number of H-pyrrole nitrogens is 1. The highest BCUT2D eigenvalue weighted by molar-refractivity contribution is 5.21. The van der Waals surface area contributed by atoms with Crippen LogP contribution in [-0.4, -0.2) is 22.8 Å². The Balaban J connectivity index is 2.66. The van der Waals surface area contributed by atoms with Crippen molar-refractivity contribution in [1.82, 2.24) is 9.55 Å². The van der Waals surface area contributed by atoms with Gasteiger partial charge in [0.1, 0.15) is 11.6 Å². The number of aromatic amines is 1. The van der Waals surface area contributed by atoms with Crippen molar-refractivity contribution in [2.75, 3.05) is 13.2 Å². The summed E-state index contributed by atoms with van der Waals surface area (Å²) in [5.74, 6) is 0. The predicted octanol–water partition coefficient (Wildman–Crippen LogP) is 0.000980. The SMILES string of the molecule is C=CCCOCCn1cc(C#N)c(=O)[nH]c1=O. The average molecular weight is 235 g/mol. The normalized spacial score (nSPS) is 9.82. The molecule has 0 saturated heterocycles. The monoisotopic (exact) mass is 235 g/mol. The van der Waals surface area contributed by atoms with Crippen LogP contribution < -0.4 is 11.2 Å². The Kier molecular flexibility index (Phi) is 4.91. The minimum atomic E-state index is -0.665. The van der Waals surface area contributed by atoms with Crippen molar-refractivity contribution in [1.29, 1.82) is 5.26 Å². The van der Waals surface area contributed by atoms with E-state index in [4.69, 9.17) is 10.00 Å². The quantitative estimate of drug-likeness (QED) is 0.555. The van der Waals surface area contributed by atoms with Crippen molar-refractivity contribution in [2.24, 2.45) is 0 Å². The zero-order chi connectivity index (χ0) is 12.7. The van der Waals surface area contributed by atoms with Gasteiger partial charge in [-0.15, -0.1) is 6.58 Å². The zero-order valence-corrected chi connectivity index (χ0v) is 9.31. The van der Waals surface area contributed by atoms with Gasteiger partial charge < -0.3 is 4.74 Å². The van der Waals surface area contributed by atoms with Gasteiger partial charge in [0.05, 0.1) is 19.8 Å². The van der Waals surface area contributed by atoms with Crippen molar-refractivity contribution in [3.05, 3.63) is 45.3 Å². The number of nitriles is 1. The van der Waals surface area contributed by atoms with E-state index in [-0.39, 0.29) is 5.56 Å². The summed E-state index contributed by atoms with van der Waals surface area (Å²) in [5.41, 5.74) is -1.29. The van der Waals surface area contributed by atoms with Crippen LogP contribution in [0.4, 0.5) is 0 Å². The van der Waals surface area contributed by atoms with E-state index < -0.39 is 11.2 Å². The van der Waals surface area contributed by atoms with Gasteiger partial charge in [-0.3, -0.25) is 14.3 Å². The van der Waals surface area contributed by atoms with E-state index >= 15 is 0 Å². The molecule has 17 heavy (non-hydrogen) atoms. The largest absolute Gasteiger partial charge is 0.379 e. The van der Waals surface area contributed by atoms with Crippen molar-refractivity contribution < 1.29 is 4.74 Å². The Morgan fingerprint density at radius 2 is 2.29 bits per heavy atom. The van der Waals surface area contributed by atoms with Gasteiger partial charge in [0.2, 0.25) is 0 Å². The van der Waals surface area contributed by atoms with Crippen LogP contribution in [0.25, 0.3) is 0 Å². The van der Waals surface area contributed by atoms with Gasteiger partial charge in [0.25, 0.3) is 5.56 Å². The van der Waals surface area contributed by atoms with Crippen LogP contribution in [0, 0.1) is 11.3 Å². The molecule has 0 aromatic carbocycles. The first-order chi connectivity index (χ1) is 8.19. The minimum Gasteiger partial charge on any atom is -0.379 e. The van der Waals surface area contributed by atoms with Gasteiger partial charge in [-0.1, -0.05) is 6.08 Å². The Morgan fingerprint density at radius 1 is 1.53 bits per heavy atom. The molecule has 6 nitrogen and oxygen atoms in total. The lowest BCUT2D eigenvalue weighted by Crippen LogP contribution is -2.32. The molecule has 0 atom stereocenters. The second kappa shape index (κ2) is 6.45. The first-order valence-electron chi connectivity index (χ1n) is 5.11. The molecule has 0 spiro atoms. The maximum atomic E-state index is 11.4. The third kappa shape index (κ3) is 3.74. The summed E-state index contributed by atoms with van der Waals surface area (Å²) in [4.78, 5) is 24.5. The second-order valence-electron chi connectivity index (χ2n) is 3.30. The summed E-state index contributed by atoms with van der Waals surface area (Å²) in [6.07, 6.45) is 3.71. The summed E-state index contributed by atoms with van der Waals surface area (Å²) in [6.45, 7) is 4.72. The number of nitrogens with one attached hydrogen (secondary N) is 1. The highest BCUT2D eigenvalue weighted by Crippen LogP contribution is 1.88. The molecule has 0 bridgehead atoms. The first-order valence-corrected chi connectivity index (χ1v) is 5.11. The van der Waals surface area contributed by atoms with Crippen molar-refractivity contribution in [3.63, 3.8) is 0 Å². The van der Waals surface area contributed by atoms with Gasteiger partial charge in [-0.05, 0) is 6.42 Å². The van der Waals surface area contributed by atoms with E-state index in [1.165, 1.54) is 10.8 Å². The van der Waals surface area contributed by atoms with E-state index in [0.29, 0.717) is 19.8 Å². The number of hydrogen-bond acceptors (Lipinski definition) is 4. The Labute approximate surface area is 97.8 Å². The molecule has 0 unspecified atom stereocenters. The summed E-state index contributed by atoms with van der Waals surface area (Å²) in [5, 5.41) is 8.65. The van der Waals surface area contributed by atoms with E-state index in [1.807, 2.05) is 0 Å². The molecule has 0 radical (unpaired) electrons. The van der Waals surface area contributed by atoms with Gasteiger partial charge in [-0.25, -0.2) is 4.79 Å². The standard InChI is InChI=1S/C11H13N3O3/c1-2-3-5-17-6-4-14-8-9(7-12)10(15)13-11(14)16/h2,8H,1,3-6H2,(H,13,15,16). The van der Waals surface area contributed by atoms with Gasteiger partial charge in [0, 0.05) is 6.20 Å². The molecule has 1 aromatic rings. The summed E-state index contributed by atoms with van der Waals surface area (Å²) < 4.78 is 6.47. The van der Waals surface area contributed by atoms with Crippen LogP contribution in [0.3, 0.4) is 0 Å². The Bertz CT molecular complexity index is 536. The van der Waals surface area contributed by atoms with Crippen molar-refractivity contribution >= 4 is 0 Å². The fourth-order valence-electron chi connectivity index (χ4n) is 1.19. The van der Waals surface area contributed by atoms with Gasteiger partial charge >= 0.3 is 5.69 Å². The molecule has 1 rings (SSSR count). The fourth-order valence-corrected chi connectivity index (χ4v) is 1.19. The molecule has 1 N–H and O–H groups in total. The molecular weight excluding hydrogens is 222 g/mol. The number of nitrogens with zero attached hydrogens (tertiary/aromatic N) is 2. The van der Waals surface area contributed by atoms with E-state index in [0.717, 1.165) is 6.42 Å². The molecule has 0 aliphatic heterocycles. The molecular formula is C11H13N3O3. The first kappa shape index (κ1) is 12.9. The molecule has 6 heteroatoms. The summed E-state index contributed by atoms with van der Waals surface area (Å²) in [7, 11) is 0. The molecule has 0 aliphatic carbocycles. The van der Waals surface area contributed by atoms with Crippen LogP contribution >= 0.6 is 0 Å². The third-order valence-electron chi connectivity index (χ3n) is 2.07. The number of hydrogen-bond donors (Lipinski definition) is 1. The highest BCUT2D eigenvalue weighted by atomic mass is 16.5. The molecule has 0 aliphatic rings. The summed E-state index contributed by atoms with van der Waals surface area (Å²) >= 11 is 0. The third-order valence-corrected chi connectivity index (χ3v) is 2.07. The Morgan fingerprint density at radius 3 is 2.94 bits per heavy atom. The van der Waals surface area contributed by atoms with E-state index in [9.17, 15) is 9.59 Å². The maximum absolute atomic E-state index is 11.4. The number of ether oxygens (including phenoxy) is 1. The molecule has 0 saturated carbocycles. The molecule has 0 amide bonds. The van der Waals surface area contributed by atoms with Crippen LogP contribution in [-0.2, 0) is 11.3 Å². The van der Waals surface area contributed by atoms with E-state index in [2.05, 4.69) is 11.6 Å². The van der Waals surface area contributed by atoms with Gasteiger partial charge in [0.15, 0.2) is 0 Å². The van der Waals surface area contributed by atoms with Crippen molar-refractivity contribution in [3.8, 4) is 6.07 Å². The Hall–Kier alpha value is -2.13. The number of rotatable bonds is 6. The smallest absolute Gasteiger partial charge is 0.328 e. The average Bonchev–Trinajstić information content (AvgIpc) is 2.31. The topological polar surface area (TPSA) is 87.9 Å². The van der Waals surface area contributed by atoms with E-state index in [1.54, 1.807) is 12.1 Å². The lowest BCUT2D eigenvalue weighted by Gasteiger charge is -2.05. The molecule has 0 fully saturated rings. The van der Waals surface area contributed by atoms with Crippen LogP contribution in [0.1, 0.15) is 12.0 Å². The van der Waals surface area contributed by atoms with Crippen molar-refractivity contribution in [2.45, 2.75) is 13.0 Å². The molecule has 1 aromatic heterocycles. The van der Waals surface area contributed by atoms with Crippen LogP contribution in [0.15, 0.2) is 28.4 Å². The lowest BCUT2D eigenvalue weighted by atomic mass is 10.4. The fraction of sp³-hybridized carbons (Fsp3) is 0.364. The maximum Gasteiger partial charge on any atom is 0.328 e. The minimum absolute atomic E-state index is 0.0873. The number of aromatic nitrogens is 2. The molecule has 90 valence electrons. The highest BCUT2D eigenvalue weighted by Gasteiger charge is 2.03. The lowest BCUT2D eigenvalue weighted by molar-refractivity contribution is 0.129. The van der Waals surface area contributed by atoms with Crippen LogP contribution in [0.2, 0.25) is 0 Å². The van der Waals surface area contributed by atoms with Crippen LogP contribution in [0.5, 0.6) is 0 Å². The zero-order valence-electron chi connectivity index (χ0n) is 9.31. The predicted molar refractivity (Wildman–Crippen MR) is 61.7 cm³/mol. The summed E-state index contributed by atoms with van der Waals surface area (Å²) in [6, 6.07) is 1.72. The van der Waals surface area contributed by atoms with Gasteiger partial charge in [-0.2, -0.15) is 5.26 Å². The molecule has 1 heterocycles. The second-order valence-corrected chi connectivity index (χ2v) is 3.30.